The molecule has 3 aromatic rings. The topological polar surface area (TPSA) is 100 Å². The molecule has 0 unspecified atom stereocenters. The molecule has 26 heavy (non-hydrogen) atoms. The third-order valence-electron chi connectivity index (χ3n) is 4.68. The highest BCUT2D eigenvalue weighted by Crippen LogP contribution is 2.37. The van der Waals surface area contributed by atoms with E-state index in [0.29, 0.717) is 34.0 Å². The van der Waals surface area contributed by atoms with Crippen LogP contribution in [0.25, 0.3) is 22.2 Å². The van der Waals surface area contributed by atoms with Gasteiger partial charge in [-0.05, 0) is 49.2 Å². The van der Waals surface area contributed by atoms with E-state index in [-0.39, 0.29) is 0 Å². The Balaban J connectivity index is 2.38. The van der Waals surface area contributed by atoms with Gasteiger partial charge >= 0.3 is 0 Å². The lowest BCUT2D eigenvalue weighted by Gasteiger charge is -2.17. The standard InChI is InChI=1S/C20H21N3O3/c1-10-11(2)18(21)17(26-4)9-14(10)19-15(20(22)24)7-12-5-6-13(25-3)8-16(12)23-19/h5-9H,21H2,1-4H3,(H2,22,24). The van der Waals surface area contributed by atoms with Crippen LogP contribution in [0.15, 0.2) is 30.3 Å². The molecule has 0 atom stereocenters. The second-order valence-electron chi connectivity index (χ2n) is 6.10. The molecule has 6 heteroatoms. The molecule has 1 aromatic heterocycles. The number of pyridine rings is 1. The van der Waals surface area contributed by atoms with Crippen LogP contribution >= 0.6 is 0 Å². The number of amides is 1. The molecule has 4 N–H and O–H groups in total. The van der Waals surface area contributed by atoms with Crippen molar-refractivity contribution in [3.8, 4) is 22.8 Å². The lowest BCUT2D eigenvalue weighted by atomic mass is 9.94. The lowest BCUT2D eigenvalue weighted by molar-refractivity contribution is 0.100. The summed E-state index contributed by atoms with van der Waals surface area (Å²) in [6, 6.07) is 9.02. The number of nitrogens with two attached hydrogens (primary N) is 2. The summed E-state index contributed by atoms with van der Waals surface area (Å²) in [7, 11) is 3.15. The Hall–Kier alpha value is -3.28. The monoisotopic (exact) mass is 351 g/mol. The first-order valence-electron chi connectivity index (χ1n) is 8.10. The van der Waals surface area contributed by atoms with Gasteiger partial charge in [0, 0.05) is 17.0 Å². The summed E-state index contributed by atoms with van der Waals surface area (Å²) in [5.74, 6) is 0.676. The molecule has 1 heterocycles. The zero-order chi connectivity index (χ0) is 19.0. The van der Waals surface area contributed by atoms with Gasteiger partial charge in [-0.3, -0.25) is 4.79 Å². The van der Waals surface area contributed by atoms with E-state index in [0.717, 1.165) is 22.1 Å². The number of aromatic nitrogens is 1. The number of primary amides is 1. The molecule has 0 saturated heterocycles. The molecule has 0 aliphatic carbocycles. The Kier molecular flexibility index (Phi) is 4.42. The van der Waals surface area contributed by atoms with Crippen molar-refractivity contribution in [2.24, 2.45) is 5.73 Å². The highest BCUT2D eigenvalue weighted by molar-refractivity contribution is 6.03. The molecule has 3 rings (SSSR count). The fraction of sp³-hybridized carbons (Fsp3) is 0.200. The zero-order valence-electron chi connectivity index (χ0n) is 15.2. The zero-order valence-corrected chi connectivity index (χ0v) is 15.2. The fourth-order valence-electron chi connectivity index (χ4n) is 2.99. The van der Waals surface area contributed by atoms with Gasteiger partial charge in [0.1, 0.15) is 11.5 Å². The van der Waals surface area contributed by atoms with E-state index in [2.05, 4.69) is 0 Å². The van der Waals surface area contributed by atoms with Crippen LogP contribution in [0.3, 0.4) is 0 Å². The minimum Gasteiger partial charge on any atom is -0.497 e. The van der Waals surface area contributed by atoms with E-state index in [1.807, 2.05) is 32.0 Å². The summed E-state index contributed by atoms with van der Waals surface area (Å²) in [6.07, 6.45) is 0. The van der Waals surface area contributed by atoms with Crippen molar-refractivity contribution in [3.05, 3.63) is 47.0 Å². The van der Waals surface area contributed by atoms with Gasteiger partial charge in [-0.2, -0.15) is 0 Å². The number of hydrogen-bond acceptors (Lipinski definition) is 5. The minimum absolute atomic E-state index is 0.344. The second kappa shape index (κ2) is 6.55. The summed E-state index contributed by atoms with van der Waals surface area (Å²) < 4.78 is 10.7. The highest BCUT2D eigenvalue weighted by Gasteiger charge is 2.19. The Morgan fingerprint density at radius 3 is 2.38 bits per heavy atom. The number of nitrogens with zero attached hydrogens (tertiary/aromatic N) is 1. The predicted octanol–water partition coefficient (Wildman–Crippen LogP) is 3.22. The molecular weight excluding hydrogens is 330 g/mol. The molecule has 6 nitrogen and oxygen atoms in total. The number of rotatable bonds is 4. The average Bonchev–Trinajstić information content (AvgIpc) is 2.64. The van der Waals surface area contributed by atoms with E-state index in [4.69, 9.17) is 25.9 Å². The quantitative estimate of drug-likeness (QED) is 0.703. The molecule has 134 valence electrons. The van der Waals surface area contributed by atoms with Crippen LogP contribution in [-0.4, -0.2) is 25.1 Å². The molecule has 0 radical (unpaired) electrons. The van der Waals surface area contributed by atoms with Crippen molar-refractivity contribution in [2.75, 3.05) is 20.0 Å². The summed E-state index contributed by atoms with van der Waals surface area (Å²) in [6.45, 7) is 3.84. The predicted molar refractivity (Wildman–Crippen MR) is 103 cm³/mol. The van der Waals surface area contributed by atoms with Crippen molar-refractivity contribution < 1.29 is 14.3 Å². The number of anilines is 1. The molecule has 0 saturated carbocycles. The van der Waals surface area contributed by atoms with Crippen molar-refractivity contribution >= 4 is 22.5 Å². The largest absolute Gasteiger partial charge is 0.497 e. The molecule has 0 fully saturated rings. The Bertz CT molecular complexity index is 1030. The number of ether oxygens (including phenoxy) is 2. The van der Waals surface area contributed by atoms with Crippen molar-refractivity contribution in [3.63, 3.8) is 0 Å². The first-order chi connectivity index (χ1) is 12.4. The second-order valence-corrected chi connectivity index (χ2v) is 6.10. The lowest BCUT2D eigenvalue weighted by Crippen LogP contribution is -2.14. The van der Waals surface area contributed by atoms with Crippen LogP contribution in [0.1, 0.15) is 21.5 Å². The van der Waals surface area contributed by atoms with Gasteiger partial charge in [0.05, 0.1) is 36.7 Å². The first-order valence-corrected chi connectivity index (χ1v) is 8.10. The summed E-state index contributed by atoms with van der Waals surface area (Å²) in [4.78, 5) is 16.8. The van der Waals surface area contributed by atoms with Crippen LogP contribution < -0.4 is 20.9 Å². The number of carbonyl (C=O) groups is 1. The number of carbonyl (C=O) groups excluding carboxylic acids is 1. The number of methoxy groups -OCH3 is 2. The van der Waals surface area contributed by atoms with Crippen LogP contribution in [0.5, 0.6) is 11.5 Å². The SMILES string of the molecule is COc1ccc2cc(C(N)=O)c(-c3cc(OC)c(N)c(C)c3C)nc2c1. The molecule has 0 bridgehead atoms. The number of benzene rings is 2. The Morgan fingerprint density at radius 1 is 1.04 bits per heavy atom. The molecule has 1 amide bonds. The fourth-order valence-corrected chi connectivity index (χ4v) is 2.99. The van der Waals surface area contributed by atoms with E-state index in [1.54, 1.807) is 26.4 Å². The van der Waals surface area contributed by atoms with Gasteiger partial charge in [0.15, 0.2) is 0 Å². The summed E-state index contributed by atoms with van der Waals surface area (Å²) in [5, 5.41) is 0.806. The Morgan fingerprint density at radius 2 is 1.77 bits per heavy atom. The van der Waals surface area contributed by atoms with Gasteiger partial charge in [0.25, 0.3) is 5.91 Å². The van der Waals surface area contributed by atoms with Crippen molar-refractivity contribution in [1.82, 2.24) is 4.98 Å². The van der Waals surface area contributed by atoms with Crippen molar-refractivity contribution in [2.45, 2.75) is 13.8 Å². The maximum atomic E-state index is 12.1. The smallest absolute Gasteiger partial charge is 0.250 e. The van der Waals surface area contributed by atoms with Gasteiger partial charge in [-0.1, -0.05) is 0 Å². The van der Waals surface area contributed by atoms with Gasteiger partial charge < -0.3 is 20.9 Å². The minimum atomic E-state index is -0.543. The number of hydrogen-bond donors (Lipinski definition) is 2. The van der Waals surface area contributed by atoms with Crippen LogP contribution in [0.4, 0.5) is 5.69 Å². The third kappa shape index (κ3) is 2.79. The summed E-state index contributed by atoms with van der Waals surface area (Å²) >= 11 is 0. The van der Waals surface area contributed by atoms with Gasteiger partial charge in [-0.15, -0.1) is 0 Å². The molecule has 0 spiro atoms. The van der Waals surface area contributed by atoms with E-state index in [1.165, 1.54) is 0 Å². The normalized spacial score (nSPS) is 10.8. The van der Waals surface area contributed by atoms with Crippen LogP contribution in [0.2, 0.25) is 0 Å². The van der Waals surface area contributed by atoms with E-state index in [9.17, 15) is 4.79 Å². The maximum Gasteiger partial charge on any atom is 0.250 e. The van der Waals surface area contributed by atoms with E-state index >= 15 is 0 Å². The van der Waals surface area contributed by atoms with Crippen LogP contribution in [-0.2, 0) is 0 Å². The Labute approximate surface area is 151 Å². The first kappa shape index (κ1) is 17.5. The molecule has 0 aliphatic rings. The molecular formula is C20H21N3O3. The number of nitrogen functional groups attached to an aromatic ring is 1. The van der Waals surface area contributed by atoms with Gasteiger partial charge in [0.2, 0.25) is 0 Å². The maximum absolute atomic E-state index is 12.1. The highest BCUT2D eigenvalue weighted by atomic mass is 16.5. The average molecular weight is 351 g/mol. The van der Waals surface area contributed by atoms with E-state index < -0.39 is 5.91 Å². The number of fused-ring (bicyclic) bond motifs is 1. The third-order valence-corrected chi connectivity index (χ3v) is 4.68. The summed E-state index contributed by atoms with van der Waals surface area (Å²) in [5.41, 5.74) is 16.4. The molecule has 2 aromatic carbocycles. The van der Waals surface area contributed by atoms with Crippen LogP contribution in [0, 0.1) is 13.8 Å². The molecule has 0 aliphatic heterocycles. The van der Waals surface area contributed by atoms with Crippen molar-refractivity contribution in [1.29, 1.82) is 0 Å². The van der Waals surface area contributed by atoms with Gasteiger partial charge in [-0.25, -0.2) is 4.98 Å².